The smallest absolute Gasteiger partial charge is 0.161 e. The number of methoxy groups -OCH3 is 2. The maximum atomic E-state index is 11.4. The Morgan fingerprint density at radius 1 is 1.46 bits per heavy atom. The maximum absolute atomic E-state index is 11.4. The normalized spacial score (nSPS) is 47.0. The van der Waals surface area contributed by atoms with E-state index in [9.17, 15) is 5.11 Å². The minimum absolute atomic E-state index is 0.0677. The molecule has 1 aromatic rings. The first-order valence-electron chi connectivity index (χ1n) is 15.1. The summed E-state index contributed by atoms with van der Waals surface area (Å²) >= 11 is 0. The van der Waals surface area contributed by atoms with Crippen molar-refractivity contribution >= 4 is 0 Å². The van der Waals surface area contributed by atoms with E-state index in [1.807, 2.05) is 0 Å². The second-order valence-corrected chi connectivity index (χ2v) is 6.15. The maximum Gasteiger partial charge on any atom is 0.161 e. The molecule has 0 radical (unpaired) electrons. The van der Waals surface area contributed by atoms with Gasteiger partial charge in [-0.1, -0.05) is 20.6 Å². The molecule has 1 saturated heterocycles. The van der Waals surface area contributed by atoms with E-state index in [0.717, 1.165) is 0 Å². The molecule has 4 nitrogen and oxygen atoms in total. The van der Waals surface area contributed by atoms with Gasteiger partial charge in [0, 0.05) is 34.2 Å². The van der Waals surface area contributed by atoms with E-state index in [1.165, 1.54) is 24.1 Å². The van der Waals surface area contributed by atoms with Crippen molar-refractivity contribution in [2.24, 2.45) is 11.3 Å². The van der Waals surface area contributed by atoms with Gasteiger partial charge in [-0.15, -0.1) is 0 Å². The molecule has 4 heteroatoms. The molecule has 0 aromatic heterocycles. The summed E-state index contributed by atoms with van der Waals surface area (Å²) in [5.41, 5.74) is -2.72. The predicted octanol–water partition coefficient (Wildman–Crippen LogP) is 3.42. The van der Waals surface area contributed by atoms with Crippen LogP contribution < -0.4 is 9.47 Å². The zero-order chi connectivity index (χ0) is 30.4. The van der Waals surface area contributed by atoms with Gasteiger partial charge in [0.2, 0.25) is 0 Å². The summed E-state index contributed by atoms with van der Waals surface area (Å²) in [6.45, 7) is -7.42. The molecule has 0 amide bonds. The van der Waals surface area contributed by atoms with Gasteiger partial charge < -0.3 is 14.6 Å². The Hall–Kier alpha value is -1.26. The van der Waals surface area contributed by atoms with Crippen LogP contribution in [0.5, 0.6) is 11.5 Å². The van der Waals surface area contributed by atoms with Gasteiger partial charge in [0.15, 0.2) is 11.5 Å². The molecule has 1 fully saturated rings. The molecule has 0 bridgehead atoms. The van der Waals surface area contributed by atoms with Crippen molar-refractivity contribution in [2.45, 2.75) is 51.9 Å². The third kappa shape index (κ3) is 3.40. The molecular weight excluding hydrogens is 302 g/mol. The number of rotatable bonds is 3. The molecular formula is C20H31NO3. The molecule has 0 saturated carbocycles. The highest BCUT2D eigenvalue weighted by atomic mass is 16.5. The molecule has 0 spiro atoms. The number of hydrogen-bond donors (Lipinski definition) is 1. The van der Waals surface area contributed by atoms with Crippen molar-refractivity contribution < 1.29 is 35.1 Å². The molecule has 3 atom stereocenters. The van der Waals surface area contributed by atoms with Crippen molar-refractivity contribution in [1.82, 2.24) is 4.90 Å². The van der Waals surface area contributed by atoms with E-state index in [-0.39, 0.29) is 30.0 Å². The summed E-state index contributed by atoms with van der Waals surface area (Å²) in [5.74, 6) is -3.55. The van der Waals surface area contributed by atoms with Crippen LogP contribution in [0.15, 0.2) is 12.1 Å². The molecule has 3 rings (SSSR count). The minimum Gasteiger partial charge on any atom is -0.493 e. The summed E-state index contributed by atoms with van der Waals surface area (Å²) in [7, 11) is -1.60. The van der Waals surface area contributed by atoms with Gasteiger partial charge in [-0.25, -0.2) is 0 Å². The first-order valence-corrected chi connectivity index (χ1v) is 7.57. The van der Waals surface area contributed by atoms with E-state index in [4.69, 9.17) is 30.0 Å². The zero-order valence-electron chi connectivity index (χ0n) is 28.6. The minimum atomic E-state index is -3.67. The van der Waals surface area contributed by atoms with Crippen LogP contribution in [0.4, 0.5) is 0 Å². The fourth-order valence-corrected chi connectivity index (χ4v) is 3.15. The molecule has 0 aliphatic carbocycles. The molecule has 134 valence electrons. The van der Waals surface area contributed by atoms with E-state index in [0.29, 0.717) is 12.5 Å². The fourth-order valence-electron chi connectivity index (χ4n) is 3.15. The second-order valence-electron chi connectivity index (χ2n) is 6.15. The van der Waals surface area contributed by atoms with Crippen LogP contribution >= 0.6 is 0 Å². The van der Waals surface area contributed by atoms with Gasteiger partial charge in [-0.2, -0.15) is 0 Å². The van der Waals surface area contributed by atoms with Crippen molar-refractivity contribution in [3.8, 4) is 11.5 Å². The monoisotopic (exact) mass is 348 g/mol. The molecule has 2 aliphatic heterocycles. The van der Waals surface area contributed by atoms with Gasteiger partial charge in [0.05, 0.1) is 25.7 Å². The van der Waals surface area contributed by atoms with Crippen LogP contribution in [0.25, 0.3) is 0 Å². The van der Waals surface area contributed by atoms with Crippen LogP contribution in [0, 0.1) is 11.3 Å². The second kappa shape index (κ2) is 6.57. The van der Waals surface area contributed by atoms with E-state index in [1.54, 1.807) is 0 Å². The van der Waals surface area contributed by atoms with Crippen molar-refractivity contribution in [1.29, 1.82) is 0 Å². The summed E-state index contributed by atoms with van der Waals surface area (Å²) in [6, 6.07) is 1.13. The number of benzene rings is 1. The van der Waals surface area contributed by atoms with Crippen molar-refractivity contribution in [3.63, 3.8) is 0 Å². The largest absolute Gasteiger partial charge is 0.493 e. The summed E-state index contributed by atoms with van der Waals surface area (Å²) in [6.07, 6.45) is -10.4. The molecule has 24 heavy (non-hydrogen) atoms. The van der Waals surface area contributed by atoms with E-state index < -0.39 is 63.5 Å². The Labute approximate surface area is 166 Å². The van der Waals surface area contributed by atoms with Crippen LogP contribution in [0.3, 0.4) is 0 Å². The van der Waals surface area contributed by atoms with Crippen LogP contribution in [0.1, 0.15) is 71.1 Å². The fraction of sp³-hybridized carbons (Fsp3) is 0.700. The van der Waals surface area contributed by atoms with E-state index in [2.05, 4.69) is 0 Å². The van der Waals surface area contributed by atoms with Gasteiger partial charge >= 0.3 is 0 Å². The average molecular weight is 349 g/mol. The Morgan fingerprint density at radius 2 is 2.25 bits per heavy atom. The Morgan fingerprint density at radius 3 is 2.96 bits per heavy atom. The summed E-state index contributed by atoms with van der Waals surface area (Å²) in [4.78, 5) is 1.26. The number of piperidine rings is 1. The predicted molar refractivity (Wildman–Crippen MR) is 95.7 cm³/mol. The standard InChI is InChI=1S/C20H31NO3/c1-20(2,3)11-14-12-21-7-6-13-8-18(23-4)19(24-5)9-15(13)16(21)10-17(14)22/h8-9,14,16-17,22H,6-7,10-12H2,1-5H3/i1D3,2D3,4D3,10D2,11D2,14D,17D. The third-order valence-corrected chi connectivity index (χ3v) is 4.18. The number of fused-ring (bicyclic) bond motifs is 3. The third-order valence-electron chi connectivity index (χ3n) is 4.18. The van der Waals surface area contributed by atoms with Crippen LogP contribution in [0.2, 0.25) is 0 Å². The molecule has 2 aliphatic rings. The number of nitrogens with zero attached hydrogens (tertiary/aromatic N) is 1. The van der Waals surface area contributed by atoms with Crippen molar-refractivity contribution in [3.05, 3.63) is 23.3 Å². The van der Waals surface area contributed by atoms with Gasteiger partial charge in [-0.3, -0.25) is 4.90 Å². The molecule has 1 aromatic carbocycles. The highest BCUT2D eigenvalue weighted by molar-refractivity contribution is 5.49. The van der Waals surface area contributed by atoms with Crippen molar-refractivity contribution in [2.75, 3.05) is 27.2 Å². The SMILES string of the molecule is [2H]C([2H])([2H])Oc1cc2c(cc1OC)C1N(CC2)CC([2H])(C([2H])([2H])C(C)(C([2H])([2H])[2H])C([2H])([2H])[2H])C([2H])(O)C1([2H])[2H]. The molecule has 2 heterocycles. The van der Waals surface area contributed by atoms with Gasteiger partial charge in [0.1, 0.15) is 0 Å². The lowest BCUT2D eigenvalue weighted by Gasteiger charge is -2.47. The van der Waals surface area contributed by atoms with Gasteiger partial charge in [0.25, 0.3) is 0 Å². The Balaban J connectivity index is 2.23. The zero-order valence-corrected chi connectivity index (χ0v) is 13.6. The number of ether oxygens (including phenoxy) is 2. The van der Waals surface area contributed by atoms with E-state index >= 15 is 0 Å². The highest BCUT2D eigenvalue weighted by Gasteiger charge is 2.39. The lowest BCUT2D eigenvalue weighted by atomic mass is 9.75. The van der Waals surface area contributed by atoms with Crippen LogP contribution in [-0.4, -0.2) is 43.3 Å². The Kier molecular flexibility index (Phi) is 1.86. The topological polar surface area (TPSA) is 41.9 Å². The number of hydrogen-bond acceptors (Lipinski definition) is 4. The lowest BCUT2D eigenvalue weighted by Crippen LogP contribution is -2.48. The molecule has 1 N–H and O–H groups in total. The first-order chi connectivity index (χ1) is 17.2. The van der Waals surface area contributed by atoms with Gasteiger partial charge in [-0.05, 0) is 53.7 Å². The Bertz CT molecular complexity index is 1100. The first kappa shape index (κ1) is 6.81. The quantitative estimate of drug-likeness (QED) is 0.909. The summed E-state index contributed by atoms with van der Waals surface area (Å²) in [5, 5.41) is 11.4. The lowest BCUT2D eigenvalue weighted by molar-refractivity contribution is -0.0259. The molecule has 3 unspecified atom stereocenters. The highest BCUT2D eigenvalue weighted by Crippen LogP contribution is 2.44. The van der Waals surface area contributed by atoms with Crippen LogP contribution in [-0.2, 0) is 6.42 Å². The average Bonchev–Trinajstić information content (AvgIpc) is 2.73. The number of aliphatic hydroxyl groups is 1. The summed E-state index contributed by atoms with van der Waals surface area (Å²) < 4.78 is 132.